The summed E-state index contributed by atoms with van der Waals surface area (Å²) in [5.41, 5.74) is 0.150. The van der Waals surface area contributed by atoms with Gasteiger partial charge in [0.05, 0.1) is 6.10 Å². The summed E-state index contributed by atoms with van der Waals surface area (Å²) in [6.45, 7) is 6.84. The maximum atomic E-state index is 11.7. The predicted octanol–water partition coefficient (Wildman–Crippen LogP) is 3.31. The van der Waals surface area contributed by atoms with Gasteiger partial charge in [0.2, 0.25) is 0 Å². The van der Waals surface area contributed by atoms with Crippen molar-refractivity contribution in [3.8, 4) is 5.75 Å². The maximum Gasteiger partial charge on any atom is 0.412 e. The van der Waals surface area contributed by atoms with Gasteiger partial charge in [0.25, 0.3) is 0 Å². The van der Waals surface area contributed by atoms with Gasteiger partial charge in [-0.25, -0.2) is 4.79 Å². The summed E-state index contributed by atoms with van der Waals surface area (Å²) in [6, 6.07) is 7.70. The molecule has 1 aromatic carbocycles. The molecule has 0 saturated heterocycles. The monoisotopic (exact) mass is 350 g/mol. The molecule has 0 atom stereocenters. The quantitative estimate of drug-likeness (QED) is 0.686. The van der Waals surface area contributed by atoms with Gasteiger partial charge in [0.1, 0.15) is 18.0 Å². The lowest BCUT2D eigenvalue weighted by molar-refractivity contribution is 0.0636. The van der Waals surface area contributed by atoms with Crippen LogP contribution in [0.2, 0.25) is 0 Å². The molecule has 1 aliphatic rings. The Morgan fingerprint density at radius 2 is 1.80 bits per heavy atom. The third-order valence-corrected chi connectivity index (χ3v) is 4.00. The lowest BCUT2D eigenvalue weighted by Gasteiger charge is -2.26. The fraction of sp³-hybridized carbons (Fsp3) is 0.632. The molecule has 0 aromatic heterocycles. The molecule has 6 nitrogen and oxygen atoms in total. The Balaban J connectivity index is 1.65. The van der Waals surface area contributed by atoms with Gasteiger partial charge in [-0.2, -0.15) is 0 Å². The zero-order valence-electron chi connectivity index (χ0n) is 15.4. The SMILES string of the molecule is CC(C)(C)OC(=O)Nc1ccc(OCCNC2CCC(O)CC2)cc1. The highest BCUT2D eigenvalue weighted by molar-refractivity contribution is 5.84. The van der Waals surface area contributed by atoms with Crippen LogP contribution in [0.15, 0.2) is 24.3 Å². The number of hydrogen-bond acceptors (Lipinski definition) is 5. The first kappa shape index (κ1) is 19.5. The van der Waals surface area contributed by atoms with Crippen LogP contribution >= 0.6 is 0 Å². The van der Waals surface area contributed by atoms with Gasteiger partial charge in [-0.15, -0.1) is 0 Å². The number of carbonyl (C=O) groups is 1. The second-order valence-corrected chi connectivity index (χ2v) is 7.46. The van der Waals surface area contributed by atoms with Crippen LogP contribution in [-0.2, 0) is 4.74 Å². The Morgan fingerprint density at radius 3 is 2.40 bits per heavy atom. The van der Waals surface area contributed by atoms with Gasteiger partial charge in [-0.3, -0.25) is 5.32 Å². The summed E-state index contributed by atoms with van der Waals surface area (Å²) in [6.07, 6.45) is 3.21. The van der Waals surface area contributed by atoms with E-state index in [2.05, 4.69) is 10.6 Å². The second-order valence-electron chi connectivity index (χ2n) is 7.46. The molecule has 1 fully saturated rings. The highest BCUT2D eigenvalue weighted by atomic mass is 16.6. The third kappa shape index (κ3) is 7.75. The molecule has 0 heterocycles. The third-order valence-electron chi connectivity index (χ3n) is 4.00. The van der Waals surface area contributed by atoms with E-state index in [4.69, 9.17) is 9.47 Å². The summed E-state index contributed by atoms with van der Waals surface area (Å²) in [7, 11) is 0. The van der Waals surface area contributed by atoms with E-state index in [9.17, 15) is 9.90 Å². The van der Waals surface area contributed by atoms with Crippen molar-refractivity contribution in [3.05, 3.63) is 24.3 Å². The van der Waals surface area contributed by atoms with Crippen molar-refractivity contribution in [1.29, 1.82) is 0 Å². The van der Waals surface area contributed by atoms with Crippen LogP contribution in [0.5, 0.6) is 5.75 Å². The van der Waals surface area contributed by atoms with Crippen LogP contribution in [0.4, 0.5) is 10.5 Å². The first-order chi connectivity index (χ1) is 11.8. The summed E-state index contributed by atoms with van der Waals surface area (Å²) in [4.78, 5) is 11.7. The molecule has 25 heavy (non-hydrogen) atoms. The number of benzene rings is 1. The zero-order valence-corrected chi connectivity index (χ0v) is 15.4. The minimum atomic E-state index is -0.517. The molecule has 140 valence electrons. The van der Waals surface area contributed by atoms with E-state index in [0.717, 1.165) is 38.0 Å². The normalized spacial score (nSPS) is 20.8. The number of hydrogen-bond donors (Lipinski definition) is 3. The molecule has 0 radical (unpaired) electrons. The summed E-state index contributed by atoms with van der Waals surface area (Å²) >= 11 is 0. The van der Waals surface area contributed by atoms with Crippen LogP contribution in [0.25, 0.3) is 0 Å². The van der Waals surface area contributed by atoms with Gasteiger partial charge in [-0.05, 0) is 70.7 Å². The molecular formula is C19H30N2O4. The van der Waals surface area contributed by atoms with Crippen LogP contribution in [-0.4, -0.2) is 42.1 Å². The number of anilines is 1. The highest BCUT2D eigenvalue weighted by Crippen LogP contribution is 2.19. The highest BCUT2D eigenvalue weighted by Gasteiger charge is 2.18. The van der Waals surface area contributed by atoms with E-state index >= 15 is 0 Å². The Morgan fingerprint density at radius 1 is 1.16 bits per heavy atom. The minimum absolute atomic E-state index is 0.123. The standard InChI is InChI=1S/C19H30N2O4/c1-19(2,3)25-18(23)21-15-6-10-17(11-7-15)24-13-12-20-14-4-8-16(22)9-5-14/h6-7,10-11,14,16,20,22H,4-5,8-9,12-13H2,1-3H3,(H,21,23). The Kier molecular flexibility index (Phi) is 7.08. The van der Waals surface area contributed by atoms with E-state index in [1.165, 1.54) is 0 Å². The number of amides is 1. The first-order valence-electron chi connectivity index (χ1n) is 8.96. The van der Waals surface area contributed by atoms with Crippen molar-refractivity contribution in [3.63, 3.8) is 0 Å². The molecule has 0 aliphatic heterocycles. The number of carbonyl (C=O) groups excluding carboxylic acids is 1. The van der Waals surface area contributed by atoms with Gasteiger partial charge >= 0.3 is 6.09 Å². The summed E-state index contributed by atoms with van der Waals surface area (Å²) < 4.78 is 10.9. The smallest absolute Gasteiger partial charge is 0.412 e. The molecule has 0 spiro atoms. The van der Waals surface area contributed by atoms with E-state index < -0.39 is 11.7 Å². The molecule has 3 N–H and O–H groups in total. The summed E-state index contributed by atoms with van der Waals surface area (Å²) in [5, 5.41) is 15.6. The van der Waals surface area contributed by atoms with Crippen molar-refractivity contribution in [2.75, 3.05) is 18.5 Å². The average Bonchev–Trinajstić information content (AvgIpc) is 2.53. The average molecular weight is 350 g/mol. The van der Waals surface area contributed by atoms with E-state index in [-0.39, 0.29) is 6.10 Å². The van der Waals surface area contributed by atoms with E-state index in [1.807, 2.05) is 32.9 Å². The number of nitrogens with one attached hydrogen (secondary N) is 2. The van der Waals surface area contributed by atoms with E-state index in [0.29, 0.717) is 18.3 Å². The van der Waals surface area contributed by atoms with Crippen molar-refractivity contribution >= 4 is 11.8 Å². The Hall–Kier alpha value is -1.79. The fourth-order valence-corrected chi connectivity index (χ4v) is 2.77. The van der Waals surface area contributed by atoms with Crippen molar-refractivity contribution in [2.45, 2.75) is 64.2 Å². The second kappa shape index (κ2) is 9.06. The fourth-order valence-electron chi connectivity index (χ4n) is 2.77. The van der Waals surface area contributed by atoms with Gasteiger partial charge in [0.15, 0.2) is 0 Å². The molecular weight excluding hydrogens is 320 g/mol. The van der Waals surface area contributed by atoms with Crippen LogP contribution in [0, 0.1) is 0 Å². The Labute approximate surface area is 149 Å². The maximum absolute atomic E-state index is 11.7. The number of aliphatic hydroxyl groups excluding tert-OH is 1. The van der Waals surface area contributed by atoms with Crippen LogP contribution in [0.1, 0.15) is 46.5 Å². The number of rotatable bonds is 6. The molecule has 1 saturated carbocycles. The van der Waals surface area contributed by atoms with Gasteiger partial charge in [-0.1, -0.05) is 0 Å². The van der Waals surface area contributed by atoms with Gasteiger partial charge < -0.3 is 19.9 Å². The van der Waals surface area contributed by atoms with E-state index in [1.54, 1.807) is 12.1 Å². The lowest BCUT2D eigenvalue weighted by atomic mass is 9.93. The Bertz CT molecular complexity index is 531. The minimum Gasteiger partial charge on any atom is -0.492 e. The topological polar surface area (TPSA) is 79.8 Å². The zero-order chi connectivity index (χ0) is 18.3. The van der Waals surface area contributed by atoms with Crippen LogP contribution < -0.4 is 15.4 Å². The lowest BCUT2D eigenvalue weighted by Crippen LogP contribution is -2.36. The van der Waals surface area contributed by atoms with Gasteiger partial charge in [0, 0.05) is 18.3 Å². The molecule has 1 aliphatic carbocycles. The molecule has 2 rings (SSSR count). The van der Waals surface area contributed by atoms with Crippen LogP contribution in [0.3, 0.4) is 0 Å². The largest absolute Gasteiger partial charge is 0.492 e. The molecule has 0 unspecified atom stereocenters. The number of ether oxygens (including phenoxy) is 2. The first-order valence-corrected chi connectivity index (χ1v) is 8.96. The summed E-state index contributed by atoms with van der Waals surface area (Å²) in [5.74, 6) is 0.760. The number of aliphatic hydroxyl groups is 1. The van der Waals surface area contributed by atoms with Crippen molar-refractivity contribution in [2.24, 2.45) is 0 Å². The molecule has 0 bridgehead atoms. The van der Waals surface area contributed by atoms with Crippen molar-refractivity contribution < 1.29 is 19.4 Å². The molecule has 1 aromatic rings. The molecule has 6 heteroatoms. The van der Waals surface area contributed by atoms with Crippen molar-refractivity contribution in [1.82, 2.24) is 5.32 Å². The molecule has 1 amide bonds. The predicted molar refractivity (Wildman–Crippen MR) is 98.1 cm³/mol.